The number of rotatable bonds is 10. The van der Waals surface area contributed by atoms with E-state index >= 15 is 0 Å². The van der Waals surface area contributed by atoms with Gasteiger partial charge in [0.15, 0.2) is 5.82 Å². The van der Waals surface area contributed by atoms with Gasteiger partial charge in [0.25, 0.3) is 6.43 Å². The van der Waals surface area contributed by atoms with Crippen LogP contribution in [0.4, 0.5) is 20.5 Å². The molecule has 1 aliphatic heterocycles. The minimum Gasteiger partial charge on any atom is -0.383 e. The topological polar surface area (TPSA) is 89.4 Å². The first-order chi connectivity index (χ1) is 18.9. The Hall–Kier alpha value is -2.89. The molecule has 2 aliphatic rings. The molecule has 1 aliphatic carbocycles. The highest BCUT2D eigenvalue weighted by molar-refractivity contribution is 5.78. The van der Waals surface area contributed by atoms with E-state index in [-0.39, 0.29) is 11.9 Å². The first-order valence-corrected chi connectivity index (χ1v) is 13.9. The Balaban J connectivity index is 1.39. The van der Waals surface area contributed by atoms with Crippen LogP contribution in [-0.2, 0) is 9.47 Å². The van der Waals surface area contributed by atoms with Gasteiger partial charge in [0.2, 0.25) is 5.95 Å². The first kappa shape index (κ1) is 27.7. The van der Waals surface area contributed by atoms with Gasteiger partial charge in [-0.05, 0) is 57.6 Å². The number of aromatic nitrogens is 4. The average molecular weight is 544 g/mol. The third-order valence-corrected chi connectivity index (χ3v) is 7.70. The molecule has 9 nitrogen and oxygen atoms in total. The van der Waals surface area contributed by atoms with Crippen molar-refractivity contribution in [1.82, 2.24) is 24.8 Å². The fraction of sp³-hybridized carbons (Fsp3) is 0.607. The molecule has 0 amide bonds. The quantitative estimate of drug-likeness (QED) is 0.384. The zero-order valence-corrected chi connectivity index (χ0v) is 22.9. The molecule has 5 rings (SSSR count). The normalized spacial score (nSPS) is 22.9. The predicted octanol–water partition coefficient (Wildman–Crippen LogP) is 4.57. The van der Waals surface area contributed by atoms with E-state index < -0.39 is 6.43 Å². The van der Waals surface area contributed by atoms with Gasteiger partial charge in [-0.2, -0.15) is 9.97 Å². The van der Waals surface area contributed by atoms with Crippen LogP contribution in [0.25, 0.3) is 16.9 Å². The van der Waals surface area contributed by atoms with Crippen molar-refractivity contribution in [2.45, 2.75) is 64.1 Å². The highest BCUT2D eigenvalue weighted by Gasteiger charge is 2.26. The van der Waals surface area contributed by atoms with E-state index in [2.05, 4.69) is 34.4 Å². The summed E-state index contributed by atoms with van der Waals surface area (Å²) in [6.45, 7) is 7.50. The molecule has 1 aromatic carbocycles. The molecule has 11 heteroatoms. The first-order valence-electron chi connectivity index (χ1n) is 13.9. The van der Waals surface area contributed by atoms with Crippen LogP contribution in [0.2, 0.25) is 0 Å². The van der Waals surface area contributed by atoms with Crippen molar-refractivity contribution in [3.63, 3.8) is 0 Å². The number of alkyl halides is 2. The van der Waals surface area contributed by atoms with E-state index in [0.717, 1.165) is 32.2 Å². The fourth-order valence-corrected chi connectivity index (χ4v) is 5.73. The third kappa shape index (κ3) is 6.47. The maximum atomic E-state index is 14.1. The van der Waals surface area contributed by atoms with Crippen LogP contribution in [0, 0.1) is 5.92 Å². The summed E-state index contributed by atoms with van der Waals surface area (Å²) in [5.41, 5.74) is 1.10. The summed E-state index contributed by atoms with van der Waals surface area (Å²) in [4.78, 5) is 15.9. The predicted molar refractivity (Wildman–Crippen MR) is 148 cm³/mol. The highest BCUT2D eigenvalue weighted by atomic mass is 19.3. The van der Waals surface area contributed by atoms with E-state index in [1.165, 1.54) is 4.57 Å². The van der Waals surface area contributed by atoms with Crippen LogP contribution < -0.4 is 15.5 Å². The number of nitrogens with one attached hydrogen (secondary N) is 2. The van der Waals surface area contributed by atoms with Crippen molar-refractivity contribution in [1.29, 1.82) is 0 Å². The Morgan fingerprint density at radius 1 is 1.10 bits per heavy atom. The molecule has 3 aromatic rings. The second-order valence-corrected chi connectivity index (χ2v) is 10.7. The van der Waals surface area contributed by atoms with E-state index in [1.54, 1.807) is 31.4 Å². The number of hydrogen-bond donors (Lipinski definition) is 2. The highest BCUT2D eigenvalue weighted by Crippen LogP contribution is 2.30. The van der Waals surface area contributed by atoms with Gasteiger partial charge in [0, 0.05) is 38.3 Å². The second-order valence-electron chi connectivity index (χ2n) is 10.7. The van der Waals surface area contributed by atoms with Crippen LogP contribution in [0.3, 0.4) is 0 Å². The van der Waals surface area contributed by atoms with Gasteiger partial charge in [0.05, 0.1) is 36.9 Å². The summed E-state index contributed by atoms with van der Waals surface area (Å²) in [6, 6.07) is 9.88. The number of benzene rings is 1. The number of methoxy groups -OCH3 is 1. The van der Waals surface area contributed by atoms with Crippen molar-refractivity contribution in [3.05, 3.63) is 36.2 Å². The third-order valence-electron chi connectivity index (χ3n) is 7.70. The lowest BCUT2D eigenvalue weighted by Gasteiger charge is -2.34. The smallest absolute Gasteiger partial charge is 0.296 e. The Morgan fingerprint density at radius 3 is 2.62 bits per heavy atom. The molecule has 2 N–H and O–H groups in total. The lowest BCUT2D eigenvalue weighted by Crippen LogP contribution is -2.44. The standard InChI is InChI=1S/C28H39F2N7O2/c1-18(16-38-3)32-21-10-8-20(9-11-21)15-31-28-34-24(36-12-13-39-17-19(36)2)14-25(35-28)37-23-7-5-4-6-22(23)33-27(37)26(29)30/h4-7,14,18-21,26,32H,8-13,15-17H2,1-3H3,(H,31,34,35)/t18?,19-,20?,21?/m1/s1. The van der Waals surface area contributed by atoms with E-state index in [4.69, 9.17) is 19.4 Å². The van der Waals surface area contributed by atoms with Crippen LogP contribution in [0.1, 0.15) is 51.8 Å². The Kier molecular flexibility index (Phi) is 8.89. The summed E-state index contributed by atoms with van der Waals surface area (Å²) in [6.07, 6.45) is 1.66. The van der Waals surface area contributed by atoms with E-state index in [0.29, 0.717) is 73.0 Å². The van der Waals surface area contributed by atoms with Crippen LogP contribution in [0.15, 0.2) is 30.3 Å². The summed E-state index contributed by atoms with van der Waals surface area (Å²) in [7, 11) is 1.73. The molecule has 0 spiro atoms. The number of ether oxygens (including phenoxy) is 2. The Labute approximate surface area is 228 Å². The van der Waals surface area contributed by atoms with Crippen molar-refractivity contribution in [3.8, 4) is 5.82 Å². The molecule has 0 bridgehead atoms. The number of para-hydroxylation sites is 2. The number of nitrogens with zero attached hydrogens (tertiary/aromatic N) is 5. The van der Waals surface area contributed by atoms with Gasteiger partial charge in [0.1, 0.15) is 11.6 Å². The summed E-state index contributed by atoms with van der Waals surface area (Å²) in [5, 5.41) is 7.10. The lowest BCUT2D eigenvalue weighted by molar-refractivity contribution is 0.0985. The van der Waals surface area contributed by atoms with Crippen molar-refractivity contribution >= 4 is 22.8 Å². The molecule has 212 valence electrons. The molecular weight excluding hydrogens is 504 g/mol. The summed E-state index contributed by atoms with van der Waals surface area (Å²) in [5.74, 6) is 1.68. The maximum absolute atomic E-state index is 14.1. The summed E-state index contributed by atoms with van der Waals surface area (Å²) < 4.78 is 40.6. The molecule has 2 fully saturated rings. The minimum absolute atomic E-state index is 0.103. The molecule has 1 saturated carbocycles. The SMILES string of the molecule is COCC(C)NC1CCC(CNc2nc(N3CCOC[C@H]3C)cc(-n3c(C(F)F)nc4ccccc43)n2)CC1. The van der Waals surface area contributed by atoms with Crippen molar-refractivity contribution < 1.29 is 18.3 Å². The number of fused-ring (bicyclic) bond motifs is 1. The molecule has 3 heterocycles. The summed E-state index contributed by atoms with van der Waals surface area (Å²) >= 11 is 0. The van der Waals surface area contributed by atoms with Gasteiger partial charge in [-0.25, -0.2) is 13.8 Å². The van der Waals surface area contributed by atoms with Crippen LogP contribution >= 0.6 is 0 Å². The number of imidazole rings is 1. The lowest BCUT2D eigenvalue weighted by atomic mass is 9.85. The molecular formula is C28H39F2N7O2. The molecule has 0 radical (unpaired) electrons. The number of anilines is 2. The zero-order chi connectivity index (χ0) is 27.4. The molecule has 1 unspecified atom stereocenters. The van der Waals surface area contributed by atoms with Gasteiger partial charge in [-0.15, -0.1) is 0 Å². The van der Waals surface area contributed by atoms with Crippen molar-refractivity contribution in [2.75, 3.05) is 50.2 Å². The number of hydrogen-bond acceptors (Lipinski definition) is 8. The van der Waals surface area contributed by atoms with Crippen molar-refractivity contribution in [2.24, 2.45) is 5.92 Å². The van der Waals surface area contributed by atoms with E-state index in [9.17, 15) is 8.78 Å². The molecule has 39 heavy (non-hydrogen) atoms. The molecule has 1 saturated heterocycles. The minimum atomic E-state index is -2.75. The Morgan fingerprint density at radius 2 is 1.87 bits per heavy atom. The van der Waals surface area contributed by atoms with Gasteiger partial charge in [-0.3, -0.25) is 4.57 Å². The largest absolute Gasteiger partial charge is 0.383 e. The van der Waals surface area contributed by atoms with Crippen LogP contribution in [-0.4, -0.2) is 77.7 Å². The maximum Gasteiger partial charge on any atom is 0.296 e. The van der Waals surface area contributed by atoms with Gasteiger partial charge < -0.3 is 25.0 Å². The fourth-order valence-electron chi connectivity index (χ4n) is 5.73. The monoisotopic (exact) mass is 543 g/mol. The van der Waals surface area contributed by atoms with Gasteiger partial charge in [-0.1, -0.05) is 12.1 Å². The zero-order valence-electron chi connectivity index (χ0n) is 22.9. The molecule has 2 atom stereocenters. The average Bonchev–Trinajstić information content (AvgIpc) is 3.33. The van der Waals surface area contributed by atoms with E-state index in [1.807, 2.05) is 6.07 Å². The molecule has 2 aromatic heterocycles. The number of halogens is 2. The van der Waals surface area contributed by atoms with Crippen LogP contribution in [0.5, 0.6) is 0 Å². The number of morpholine rings is 1. The Bertz CT molecular complexity index is 1230. The van der Waals surface area contributed by atoms with Gasteiger partial charge >= 0.3 is 0 Å². The second kappa shape index (κ2) is 12.5.